The zero-order valence-electron chi connectivity index (χ0n) is 14.0. The maximum Gasteiger partial charge on any atom is 0.258 e. The smallest absolute Gasteiger partial charge is 0.258 e. The standard InChI is InChI=1S/C19H17ClFN3O2/c1-24-10-9-22-19(24)18(13-5-7-14(20)8-6-13)23-17(25)12-26-16-4-2-3-15(21)11-16/h2-11,18H,12H2,1H3,(H,23,25)/t18-/m0/s1. The monoisotopic (exact) mass is 373 g/mol. The number of nitrogens with zero attached hydrogens (tertiary/aromatic N) is 2. The molecule has 0 bridgehead atoms. The Labute approximate surface area is 155 Å². The van der Waals surface area contributed by atoms with Gasteiger partial charge in [-0.05, 0) is 29.8 Å². The Morgan fingerprint density at radius 1 is 1.31 bits per heavy atom. The van der Waals surface area contributed by atoms with Crippen LogP contribution in [0.2, 0.25) is 5.02 Å². The fourth-order valence-corrected chi connectivity index (χ4v) is 2.64. The first-order valence-electron chi connectivity index (χ1n) is 7.93. The highest BCUT2D eigenvalue weighted by Crippen LogP contribution is 2.22. The Balaban J connectivity index is 1.74. The number of amides is 1. The van der Waals surface area contributed by atoms with Crippen LogP contribution in [0, 0.1) is 5.82 Å². The Hall–Kier alpha value is -2.86. The first kappa shape index (κ1) is 17.9. The summed E-state index contributed by atoms with van der Waals surface area (Å²) in [5, 5.41) is 3.50. The molecule has 2 aromatic carbocycles. The summed E-state index contributed by atoms with van der Waals surface area (Å²) >= 11 is 5.95. The Kier molecular flexibility index (Phi) is 5.53. The molecule has 1 aromatic heterocycles. The number of hydrogen-bond acceptors (Lipinski definition) is 3. The van der Waals surface area contributed by atoms with Crippen LogP contribution in [0.5, 0.6) is 5.75 Å². The van der Waals surface area contributed by atoms with Crippen molar-refractivity contribution in [2.24, 2.45) is 7.05 Å². The number of nitrogens with one attached hydrogen (secondary N) is 1. The van der Waals surface area contributed by atoms with Crippen LogP contribution in [0.3, 0.4) is 0 Å². The second-order valence-electron chi connectivity index (χ2n) is 5.69. The van der Waals surface area contributed by atoms with Gasteiger partial charge in [0.05, 0.1) is 0 Å². The Morgan fingerprint density at radius 3 is 2.73 bits per heavy atom. The third-order valence-corrected chi connectivity index (χ3v) is 4.04. The SMILES string of the molecule is Cn1ccnc1[C@@H](NC(=O)COc1cccc(F)c1)c1ccc(Cl)cc1. The first-order valence-corrected chi connectivity index (χ1v) is 8.31. The summed E-state index contributed by atoms with van der Waals surface area (Å²) in [6.07, 6.45) is 3.46. The molecule has 1 N–H and O–H groups in total. The summed E-state index contributed by atoms with van der Waals surface area (Å²) in [5.41, 5.74) is 0.836. The van der Waals surface area contributed by atoms with Crippen molar-refractivity contribution in [3.05, 3.63) is 83.2 Å². The number of carbonyl (C=O) groups is 1. The quantitative estimate of drug-likeness (QED) is 0.719. The molecule has 0 aliphatic rings. The second kappa shape index (κ2) is 8.01. The van der Waals surface area contributed by atoms with Crippen LogP contribution >= 0.6 is 11.6 Å². The minimum Gasteiger partial charge on any atom is -0.484 e. The van der Waals surface area contributed by atoms with Crippen molar-refractivity contribution in [2.75, 3.05) is 6.61 Å². The van der Waals surface area contributed by atoms with Crippen LogP contribution in [0.25, 0.3) is 0 Å². The zero-order valence-corrected chi connectivity index (χ0v) is 14.8. The molecule has 0 aliphatic carbocycles. The van der Waals surface area contributed by atoms with Crippen molar-refractivity contribution in [3.63, 3.8) is 0 Å². The molecule has 0 fully saturated rings. The summed E-state index contributed by atoms with van der Waals surface area (Å²) in [6, 6.07) is 12.3. The van der Waals surface area contributed by atoms with Crippen molar-refractivity contribution in [1.82, 2.24) is 14.9 Å². The Bertz CT molecular complexity index is 896. The lowest BCUT2D eigenvalue weighted by Crippen LogP contribution is -2.34. The van der Waals surface area contributed by atoms with Crippen LogP contribution in [-0.2, 0) is 11.8 Å². The minimum absolute atomic E-state index is 0.238. The van der Waals surface area contributed by atoms with Gasteiger partial charge in [0, 0.05) is 30.5 Å². The number of rotatable bonds is 6. The van der Waals surface area contributed by atoms with Gasteiger partial charge in [-0.25, -0.2) is 9.37 Å². The highest BCUT2D eigenvalue weighted by Gasteiger charge is 2.21. The number of halogens is 2. The normalized spacial score (nSPS) is 11.8. The van der Waals surface area contributed by atoms with E-state index >= 15 is 0 Å². The van der Waals surface area contributed by atoms with Crippen molar-refractivity contribution in [1.29, 1.82) is 0 Å². The molecule has 7 heteroatoms. The molecule has 0 spiro atoms. The van der Waals surface area contributed by atoms with E-state index in [0.717, 1.165) is 5.56 Å². The number of aryl methyl sites for hydroxylation is 1. The van der Waals surface area contributed by atoms with Crippen LogP contribution in [-0.4, -0.2) is 22.1 Å². The molecule has 0 saturated heterocycles. The summed E-state index contributed by atoms with van der Waals surface area (Å²) < 4.78 is 20.4. The summed E-state index contributed by atoms with van der Waals surface area (Å²) in [4.78, 5) is 16.7. The van der Waals surface area contributed by atoms with E-state index in [-0.39, 0.29) is 12.5 Å². The van der Waals surface area contributed by atoms with Crippen molar-refractivity contribution >= 4 is 17.5 Å². The maximum absolute atomic E-state index is 13.2. The molecular formula is C19H17ClFN3O2. The van der Waals surface area contributed by atoms with E-state index in [1.807, 2.05) is 23.7 Å². The Morgan fingerprint density at radius 2 is 2.08 bits per heavy atom. The average molecular weight is 374 g/mol. The highest BCUT2D eigenvalue weighted by atomic mass is 35.5. The molecule has 0 aliphatic heterocycles. The van der Waals surface area contributed by atoms with Gasteiger partial charge < -0.3 is 14.6 Å². The molecule has 1 atom stereocenters. The molecule has 1 amide bonds. The molecule has 1 heterocycles. The van der Waals surface area contributed by atoms with Crippen LogP contribution < -0.4 is 10.1 Å². The maximum atomic E-state index is 13.2. The molecule has 26 heavy (non-hydrogen) atoms. The summed E-state index contributed by atoms with van der Waals surface area (Å²) in [7, 11) is 1.85. The molecule has 3 aromatic rings. The van der Waals surface area contributed by atoms with Crippen molar-refractivity contribution in [3.8, 4) is 5.75 Å². The van der Waals surface area contributed by atoms with E-state index in [4.69, 9.17) is 16.3 Å². The number of hydrogen-bond donors (Lipinski definition) is 1. The number of imidazole rings is 1. The largest absolute Gasteiger partial charge is 0.484 e. The number of aromatic nitrogens is 2. The lowest BCUT2D eigenvalue weighted by molar-refractivity contribution is -0.123. The van der Waals surface area contributed by atoms with Gasteiger partial charge in [-0.3, -0.25) is 4.79 Å². The minimum atomic E-state index is -0.462. The van der Waals surface area contributed by atoms with Gasteiger partial charge in [-0.15, -0.1) is 0 Å². The zero-order chi connectivity index (χ0) is 18.5. The van der Waals surface area contributed by atoms with Gasteiger partial charge in [0.15, 0.2) is 6.61 Å². The molecular weight excluding hydrogens is 357 g/mol. The third kappa shape index (κ3) is 4.40. The third-order valence-electron chi connectivity index (χ3n) is 3.79. The molecule has 0 unspecified atom stereocenters. The van der Waals surface area contributed by atoms with Crippen molar-refractivity contribution in [2.45, 2.75) is 6.04 Å². The number of benzene rings is 2. The molecule has 5 nitrogen and oxygen atoms in total. The topological polar surface area (TPSA) is 56.2 Å². The first-order chi connectivity index (χ1) is 12.5. The molecule has 134 valence electrons. The van der Waals surface area contributed by atoms with E-state index in [9.17, 15) is 9.18 Å². The fraction of sp³-hybridized carbons (Fsp3) is 0.158. The predicted octanol–water partition coefficient (Wildman–Crippen LogP) is 3.50. The van der Waals surface area contributed by atoms with Crippen molar-refractivity contribution < 1.29 is 13.9 Å². The van der Waals surface area contributed by atoms with Crippen LogP contribution in [0.15, 0.2) is 60.9 Å². The fourth-order valence-electron chi connectivity index (χ4n) is 2.52. The number of ether oxygens (including phenoxy) is 1. The molecule has 3 rings (SSSR count). The lowest BCUT2D eigenvalue weighted by atomic mass is 10.1. The van der Waals surface area contributed by atoms with E-state index in [1.165, 1.54) is 18.2 Å². The van der Waals surface area contributed by atoms with E-state index in [1.54, 1.807) is 30.6 Å². The van der Waals surface area contributed by atoms with Gasteiger partial charge >= 0.3 is 0 Å². The lowest BCUT2D eigenvalue weighted by Gasteiger charge is -2.19. The van der Waals surface area contributed by atoms with Crippen LogP contribution in [0.1, 0.15) is 17.4 Å². The van der Waals surface area contributed by atoms with Gasteiger partial charge in [0.1, 0.15) is 23.4 Å². The molecule has 0 radical (unpaired) electrons. The second-order valence-corrected chi connectivity index (χ2v) is 6.13. The predicted molar refractivity (Wildman–Crippen MR) is 96.5 cm³/mol. The van der Waals surface area contributed by atoms with Gasteiger partial charge in [-0.2, -0.15) is 0 Å². The summed E-state index contributed by atoms with van der Waals surface area (Å²) in [6.45, 7) is -0.238. The molecule has 0 saturated carbocycles. The van der Waals surface area contributed by atoms with E-state index in [0.29, 0.717) is 16.6 Å². The van der Waals surface area contributed by atoms with Gasteiger partial charge in [0.25, 0.3) is 5.91 Å². The van der Waals surface area contributed by atoms with Gasteiger partial charge in [-0.1, -0.05) is 29.8 Å². The summed E-state index contributed by atoms with van der Waals surface area (Å²) in [5.74, 6) is 0.193. The van der Waals surface area contributed by atoms with E-state index in [2.05, 4.69) is 10.3 Å². The average Bonchev–Trinajstić information content (AvgIpc) is 3.05. The van der Waals surface area contributed by atoms with E-state index < -0.39 is 11.9 Å². The van der Waals surface area contributed by atoms with Gasteiger partial charge in [0.2, 0.25) is 0 Å². The van der Waals surface area contributed by atoms with Crippen LogP contribution in [0.4, 0.5) is 4.39 Å². The number of carbonyl (C=O) groups excluding carboxylic acids is 1. The highest BCUT2D eigenvalue weighted by molar-refractivity contribution is 6.30.